The third kappa shape index (κ3) is 2.34. The average molecular weight is 274 g/mol. The normalized spacial score (nSPS) is 29.0. The maximum absolute atomic E-state index is 12.6. The molecule has 0 aliphatic carbocycles. The molecule has 1 amide bonds. The van der Waals surface area contributed by atoms with Gasteiger partial charge in [0.05, 0.1) is 11.6 Å². The summed E-state index contributed by atoms with van der Waals surface area (Å²) in [5.74, 6) is 0.0311. The van der Waals surface area contributed by atoms with E-state index in [2.05, 4.69) is 23.6 Å². The second-order valence-corrected chi connectivity index (χ2v) is 6.00. The molecule has 2 unspecified atom stereocenters. The summed E-state index contributed by atoms with van der Waals surface area (Å²) in [6.45, 7) is 6.60. The maximum atomic E-state index is 12.6. The van der Waals surface area contributed by atoms with Crippen molar-refractivity contribution in [2.45, 2.75) is 44.9 Å². The molecule has 0 radical (unpaired) electrons. The molecule has 1 fully saturated rings. The molecule has 0 saturated carbocycles. The summed E-state index contributed by atoms with van der Waals surface area (Å²) in [6, 6.07) is 6.00. The molecule has 0 aromatic heterocycles. The lowest BCUT2D eigenvalue weighted by Crippen LogP contribution is -2.51. The van der Waals surface area contributed by atoms with E-state index in [1.807, 2.05) is 19.1 Å². The van der Waals surface area contributed by atoms with Crippen molar-refractivity contribution in [1.29, 1.82) is 0 Å². The number of hydrogen-bond acceptors (Lipinski definition) is 3. The summed E-state index contributed by atoms with van der Waals surface area (Å²) in [5, 5.41) is 6.53. The van der Waals surface area contributed by atoms with E-state index in [0.717, 1.165) is 38.1 Å². The van der Waals surface area contributed by atoms with Gasteiger partial charge in [-0.2, -0.15) is 0 Å². The van der Waals surface area contributed by atoms with Crippen LogP contribution in [-0.4, -0.2) is 30.7 Å². The van der Waals surface area contributed by atoms with Gasteiger partial charge in [0.15, 0.2) is 0 Å². The summed E-state index contributed by atoms with van der Waals surface area (Å²) in [7, 11) is 0. The van der Waals surface area contributed by atoms with E-state index >= 15 is 0 Å². The fraction of sp³-hybridized carbons (Fsp3) is 0.562. The number of carbonyl (C=O) groups excluding carboxylic acids is 1. The summed E-state index contributed by atoms with van der Waals surface area (Å²) in [5.41, 5.74) is 3.00. The quantitative estimate of drug-likeness (QED) is 0.862. The Hall–Kier alpha value is -1.39. The smallest absolute Gasteiger partial charge is 0.252 e. The first-order valence-corrected chi connectivity index (χ1v) is 7.36. The van der Waals surface area contributed by atoms with E-state index in [1.54, 1.807) is 0 Å². The molecular formula is C16H22N2O2. The zero-order valence-corrected chi connectivity index (χ0v) is 12.2. The van der Waals surface area contributed by atoms with E-state index in [1.165, 1.54) is 11.1 Å². The Labute approximate surface area is 119 Å². The molecule has 20 heavy (non-hydrogen) atoms. The molecule has 4 heteroatoms. The third-order valence-electron chi connectivity index (χ3n) is 4.67. The van der Waals surface area contributed by atoms with Gasteiger partial charge in [-0.1, -0.05) is 12.1 Å². The second-order valence-electron chi connectivity index (χ2n) is 6.00. The fourth-order valence-electron chi connectivity index (χ4n) is 3.07. The molecular weight excluding hydrogens is 252 g/mol. The zero-order chi connectivity index (χ0) is 14.2. The highest BCUT2D eigenvalue weighted by molar-refractivity contribution is 5.96. The third-order valence-corrected chi connectivity index (χ3v) is 4.67. The predicted octanol–water partition coefficient (Wildman–Crippen LogP) is 1.63. The van der Waals surface area contributed by atoms with Gasteiger partial charge in [0.2, 0.25) is 0 Å². The minimum Gasteiger partial charge on any atom is -0.376 e. The number of ether oxygens (including phenoxy) is 1. The van der Waals surface area contributed by atoms with Crippen LogP contribution in [0.3, 0.4) is 0 Å². The summed E-state index contributed by atoms with van der Waals surface area (Å²) >= 11 is 0. The van der Waals surface area contributed by atoms with Crippen molar-refractivity contribution < 1.29 is 9.53 Å². The standard InChI is InChI=1S/C16H22N2O2/c1-11-16(2,7-9-20-11)18-15(19)14-5-3-4-12-10-17-8-6-13(12)14/h3-5,11,17H,6-10H2,1-2H3,(H,18,19). The number of nitrogens with one attached hydrogen (secondary N) is 2. The number of rotatable bonds is 2. The molecule has 108 valence electrons. The second kappa shape index (κ2) is 5.19. The van der Waals surface area contributed by atoms with E-state index < -0.39 is 0 Å². The molecule has 1 saturated heterocycles. The first kappa shape index (κ1) is 13.6. The molecule has 2 aliphatic rings. The summed E-state index contributed by atoms with van der Waals surface area (Å²) < 4.78 is 5.59. The summed E-state index contributed by atoms with van der Waals surface area (Å²) in [4.78, 5) is 12.6. The van der Waals surface area contributed by atoms with Gasteiger partial charge in [0, 0.05) is 18.7 Å². The zero-order valence-electron chi connectivity index (χ0n) is 12.2. The number of amides is 1. The van der Waals surface area contributed by atoms with Crippen LogP contribution in [0.5, 0.6) is 0 Å². The molecule has 1 aromatic rings. The van der Waals surface area contributed by atoms with Gasteiger partial charge in [-0.3, -0.25) is 4.79 Å². The highest BCUT2D eigenvalue weighted by Crippen LogP contribution is 2.26. The summed E-state index contributed by atoms with van der Waals surface area (Å²) in [6.07, 6.45) is 1.85. The van der Waals surface area contributed by atoms with Gasteiger partial charge in [0.25, 0.3) is 5.91 Å². The van der Waals surface area contributed by atoms with Crippen molar-refractivity contribution >= 4 is 5.91 Å². The van der Waals surface area contributed by atoms with Gasteiger partial charge in [-0.25, -0.2) is 0 Å². The lowest BCUT2D eigenvalue weighted by atomic mass is 9.91. The fourth-order valence-corrected chi connectivity index (χ4v) is 3.07. The van der Waals surface area contributed by atoms with Crippen molar-refractivity contribution in [3.05, 3.63) is 34.9 Å². The Balaban J connectivity index is 1.84. The molecule has 2 aliphatic heterocycles. The van der Waals surface area contributed by atoms with Crippen LogP contribution in [-0.2, 0) is 17.7 Å². The minimum atomic E-state index is -0.257. The van der Waals surface area contributed by atoms with Gasteiger partial charge < -0.3 is 15.4 Å². The van der Waals surface area contributed by atoms with Crippen molar-refractivity contribution in [2.24, 2.45) is 0 Å². The first-order valence-electron chi connectivity index (χ1n) is 7.36. The Morgan fingerprint density at radius 1 is 1.50 bits per heavy atom. The van der Waals surface area contributed by atoms with Crippen LogP contribution in [0.2, 0.25) is 0 Å². The number of fused-ring (bicyclic) bond motifs is 1. The van der Waals surface area contributed by atoms with E-state index in [0.29, 0.717) is 0 Å². The molecule has 0 bridgehead atoms. The molecule has 0 spiro atoms. The number of hydrogen-bond donors (Lipinski definition) is 2. The monoisotopic (exact) mass is 274 g/mol. The SMILES string of the molecule is CC1OCCC1(C)NC(=O)c1cccc2c1CCNC2. The van der Waals surface area contributed by atoms with Gasteiger partial charge in [-0.05, 0) is 50.4 Å². The Morgan fingerprint density at radius 3 is 3.10 bits per heavy atom. The molecule has 4 nitrogen and oxygen atoms in total. The van der Waals surface area contributed by atoms with Gasteiger partial charge in [-0.15, -0.1) is 0 Å². The number of benzene rings is 1. The maximum Gasteiger partial charge on any atom is 0.252 e. The van der Waals surface area contributed by atoms with Crippen LogP contribution in [0.15, 0.2) is 18.2 Å². The van der Waals surface area contributed by atoms with E-state index in [4.69, 9.17) is 4.74 Å². The van der Waals surface area contributed by atoms with E-state index in [-0.39, 0.29) is 17.6 Å². The topological polar surface area (TPSA) is 50.4 Å². The Kier molecular flexibility index (Phi) is 3.52. The Morgan fingerprint density at radius 2 is 2.35 bits per heavy atom. The highest BCUT2D eigenvalue weighted by atomic mass is 16.5. The lowest BCUT2D eigenvalue weighted by Gasteiger charge is -2.30. The van der Waals surface area contributed by atoms with Gasteiger partial charge in [0.1, 0.15) is 0 Å². The van der Waals surface area contributed by atoms with Crippen molar-refractivity contribution in [2.75, 3.05) is 13.2 Å². The molecule has 2 atom stereocenters. The molecule has 2 heterocycles. The first-order chi connectivity index (χ1) is 9.60. The van der Waals surface area contributed by atoms with E-state index in [9.17, 15) is 4.79 Å². The minimum absolute atomic E-state index is 0.0311. The predicted molar refractivity (Wildman–Crippen MR) is 77.8 cm³/mol. The van der Waals surface area contributed by atoms with Crippen LogP contribution in [0.1, 0.15) is 41.8 Å². The molecule has 1 aromatic carbocycles. The Bertz CT molecular complexity index is 529. The molecule has 2 N–H and O–H groups in total. The van der Waals surface area contributed by atoms with Crippen LogP contribution >= 0.6 is 0 Å². The number of carbonyl (C=O) groups is 1. The van der Waals surface area contributed by atoms with Crippen LogP contribution < -0.4 is 10.6 Å². The van der Waals surface area contributed by atoms with Crippen molar-refractivity contribution in [3.63, 3.8) is 0 Å². The largest absolute Gasteiger partial charge is 0.376 e. The van der Waals surface area contributed by atoms with Crippen LogP contribution in [0.4, 0.5) is 0 Å². The van der Waals surface area contributed by atoms with Crippen LogP contribution in [0.25, 0.3) is 0 Å². The average Bonchev–Trinajstić information content (AvgIpc) is 2.77. The van der Waals surface area contributed by atoms with Crippen LogP contribution in [0, 0.1) is 0 Å². The highest BCUT2D eigenvalue weighted by Gasteiger charge is 2.38. The lowest BCUT2D eigenvalue weighted by molar-refractivity contribution is 0.0726. The van der Waals surface area contributed by atoms with Crippen molar-refractivity contribution in [1.82, 2.24) is 10.6 Å². The van der Waals surface area contributed by atoms with Crippen molar-refractivity contribution in [3.8, 4) is 0 Å². The van der Waals surface area contributed by atoms with Gasteiger partial charge >= 0.3 is 0 Å². The molecule has 3 rings (SSSR count).